The first-order chi connectivity index (χ1) is 7.54. The average molecular weight is 220 g/mol. The molecule has 0 bridgehead atoms. The number of nitrogens with zero attached hydrogens (tertiary/aromatic N) is 2. The van der Waals surface area contributed by atoms with Crippen LogP contribution in [-0.2, 0) is 0 Å². The minimum Gasteiger partial charge on any atom is -0.373 e. The topological polar surface area (TPSA) is 49.8 Å². The molecule has 1 aromatic rings. The van der Waals surface area contributed by atoms with Crippen molar-refractivity contribution in [3.05, 3.63) is 11.4 Å². The number of hydrogen-bond donors (Lipinski definition) is 2. The molecule has 4 nitrogen and oxygen atoms in total. The number of anilines is 2. The molecular weight excluding hydrogens is 200 g/mol. The highest BCUT2D eigenvalue weighted by Gasteiger charge is 2.37. The van der Waals surface area contributed by atoms with Crippen LogP contribution in [0.2, 0.25) is 0 Å². The average Bonchev–Trinajstić information content (AvgIpc) is 2.98. The third-order valence-electron chi connectivity index (χ3n) is 3.28. The van der Waals surface area contributed by atoms with Gasteiger partial charge < -0.3 is 10.6 Å². The van der Waals surface area contributed by atoms with Gasteiger partial charge in [-0.15, -0.1) is 0 Å². The summed E-state index contributed by atoms with van der Waals surface area (Å²) < 4.78 is 0. The van der Waals surface area contributed by atoms with Gasteiger partial charge in [-0.25, -0.2) is 9.97 Å². The molecule has 2 N–H and O–H groups in total. The molecule has 0 amide bonds. The van der Waals surface area contributed by atoms with E-state index in [4.69, 9.17) is 0 Å². The van der Waals surface area contributed by atoms with Crippen LogP contribution >= 0.6 is 0 Å². The van der Waals surface area contributed by atoms with Gasteiger partial charge in [-0.05, 0) is 32.1 Å². The molecule has 0 aliphatic heterocycles. The number of aromatic nitrogens is 2. The summed E-state index contributed by atoms with van der Waals surface area (Å²) in [4.78, 5) is 8.80. The van der Waals surface area contributed by atoms with E-state index in [0.717, 1.165) is 29.6 Å². The highest BCUT2D eigenvalue weighted by atomic mass is 15.1. The van der Waals surface area contributed by atoms with E-state index < -0.39 is 0 Å². The number of aryl methyl sites for hydroxylation is 1. The van der Waals surface area contributed by atoms with Crippen molar-refractivity contribution in [2.24, 2.45) is 5.41 Å². The maximum Gasteiger partial charge on any atom is 0.134 e. The summed E-state index contributed by atoms with van der Waals surface area (Å²) in [6, 6.07) is 0. The molecule has 1 fully saturated rings. The Kier molecular flexibility index (Phi) is 2.74. The molecule has 1 saturated carbocycles. The Labute approximate surface area is 96.9 Å². The lowest BCUT2D eigenvalue weighted by molar-refractivity contribution is 0.608. The van der Waals surface area contributed by atoms with Gasteiger partial charge in [0.1, 0.15) is 17.5 Å². The summed E-state index contributed by atoms with van der Waals surface area (Å²) in [5, 5.41) is 6.54. The molecule has 0 radical (unpaired) electrons. The fourth-order valence-corrected chi connectivity index (χ4v) is 1.73. The van der Waals surface area contributed by atoms with Crippen LogP contribution in [0, 0.1) is 19.3 Å². The van der Waals surface area contributed by atoms with Crippen LogP contribution in [0.25, 0.3) is 0 Å². The van der Waals surface area contributed by atoms with Crippen LogP contribution in [0.1, 0.15) is 31.2 Å². The number of nitrogens with one attached hydrogen (secondary N) is 2. The maximum absolute atomic E-state index is 4.45. The van der Waals surface area contributed by atoms with E-state index in [1.54, 1.807) is 0 Å². The quantitative estimate of drug-likeness (QED) is 0.817. The van der Waals surface area contributed by atoms with Crippen LogP contribution in [0.15, 0.2) is 0 Å². The number of rotatable bonds is 4. The Morgan fingerprint density at radius 3 is 2.38 bits per heavy atom. The zero-order chi connectivity index (χ0) is 11.8. The molecule has 2 rings (SSSR count). The van der Waals surface area contributed by atoms with Gasteiger partial charge in [0.05, 0.1) is 0 Å². The third-order valence-corrected chi connectivity index (χ3v) is 3.28. The zero-order valence-corrected chi connectivity index (χ0v) is 10.5. The standard InChI is InChI=1S/C12H20N4/c1-8-10(13-4)15-9(2)16-11(8)14-7-12(3)5-6-12/h5-7H2,1-4H3,(H2,13,14,15,16). The first kappa shape index (κ1) is 11.2. The van der Waals surface area contributed by atoms with E-state index in [2.05, 4.69) is 27.5 Å². The molecule has 88 valence electrons. The van der Waals surface area contributed by atoms with E-state index in [9.17, 15) is 0 Å². The first-order valence-electron chi connectivity index (χ1n) is 5.81. The van der Waals surface area contributed by atoms with Crippen molar-refractivity contribution in [3.63, 3.8) is 0 Å². The van der Waals surface area contributed by atoms with Crippen molar-refractivity contribution in [1.29, 1.82) is 0 Å². The largest absolute Gasteiger partial charge is 0.373 e. The smallest absolute Gasteiger partial charge is 0.134 e. The minimum atomic E-state index is 0.491. The molecular formula is C12H20N4. The van der Waals surface area contributed by atoms with Gasteiger partial charge in [-0.2, -0.15) is 0 Å². The van der Waals surface area contributed by atoms with E-state index >= 15 is 0 Å². The highest BCUT2D eigenvalue weighted by Crippen LogP contribution is 2.44. The lowest BCUT2D eigenvalue weighted by Gasteiger charge is -2.15. The van der Waals surface area contributed by atoms with Gasteiger partial charge in [-0.3, -0.25) is 0 Å². The minimum absolute atomic E-state index is 0.491. The fraction of sp³-hybridized carbons (Fsp3) is 0.667. The van der Waals surface area contributed by atoms with Crippen molar-refractivity contribution < 1.29 is 0 Å². The Morgan fingerprint density at radius 1 is 1.19 bits per heavy atom. The second-order valence-electron chi connectivity index (χ2n) is 5.01. The van der Waals surface area contributed by atoms with E-state index in [1.165, 1.54) is 12.8 Å². The monoisotopic (exact) mass is 220 g/mol. The Hall–Kier alpha value is -1.32. The first-order valence-corrected chi connectivity index (χ1v) is 5.81. The second kappa shape index (κ2) is 3.92. The summed E-state index contributed by atoms with van der Waals surface area (Å²) >= 11 is 0. The molecule has 1 aliphatic carbocycles. The number of hydrogen-bond acceptors (Lipinski definition) is 4. The van der Waals surface area contributed by atoms with Gasteiger partial charge >= 0.3 is 0 Å². The summed E-state index contributed by atoms with van der Waals surface area (Å²) in [7, 11) is 1.89. The summed E-state index contributed by atoms with van der Waals surface area (Å²) in [6.07, 6.45) is 2.64. The van der Waals surface area contributed by atoms with E-state index in [-0.39, 0.29) is 0 Å². The van der Waals surface area contributed by atoms with Gasteiger partial charge in [0.25, 0.3) is 0 Å². The Morgan fingerprint density at radius 2 is 1.81 bits per heavy atom. The molecule has 0 unspecified atom stereocenters. The highest BCUT2D eigenvalue weighted by molar-refractivity contribution is 5.57. The second-order valence-corrected chi connectivity index (χ2v) is 5.01. The van der Waals surface area contributed by atoms with Crippen molar-refractivity contribution in [2.45, 2.75) is 33.6 Å². The zero-order valence-electron chi connectivity index (χ0n) is 10.5. The molecule has 0 atom stereocenters. The van der Waals surface area contributed by atoms with Gasteiger partial charge in [0.15, 0.2) is 0 Å². The van der Waals surface area contributed by atoms with Crippen molar-refractivity contribution in [2.75, 3.05) is 24.2 Å². The van der Waals surface area contributed by atoms with Crippen molar-refractivity contribution in [1.82, 2.24) is 9.97 Å². The van der Waals surface area contributed by atoms with Crippen LogP contribution in [0.4, 0.5) is 11.6 Å². The Balaban J connectivity index is 2.15. The maximum atomic E-state index is 4.45. The van der Waals surface area contributed by atoms with Gasteiger partial charge in [0.2, 0.25) is 0 Å². The molecule has 16 heavy (non-hydrogen) atoms. The molecule has 1 aliphatic rings. The van der Waals surface area contributed by atoms with Gasteiger partial charge in [-0.1, -0.05) is 6.92 Å². The van der Waals surface area contributed by atoms with Crippen LogP contribution in [0.5, 0.6) is 0 Å². The predicted octanol–water partition coefficient (Wildman–Crippen LogP) is 2.35. The summed E-state index contributed by atoms with van der Waals surface area (Å²) in [5.74, 6) is 2.68. The van der Waals surface area contributed by atoms with E-state index in [0.29, 0.717) is 5.41 Å². The summed E-state index contributed by atoms with van der Waals surface area (Å²) in [6.45, 7) is 7.28. The molecule has 0 saturated heterocycles. The Bertz CT molecular complexity index is 396. The van der Waals surface area contributed by atoms with Crippen LogP contribution < -0.4 is 10.6 Å². The summed E-state index contributed by atoms with van der Waals surface area (Å²) in [5.41, 5.74) is 1.59. The van der Waals surface area contributed by atoms with E-state index in [1.807, 2.05) is 20.9 Å². The third kappa shape index (κ3) is 2.26. The lowest BCUT2D eigenvalue weighted by atomic mass is 10.1. The van der Waals surface area contributed by atoms with Crippen molar-refractivity contribution >= 4 is 11.6 Å². The lowest BCUT2D eigenvalue weighted by Crippen LogP contribution is -2.15. The normalized spacial score (nSPS) is 17.0. The van der Waals surface area contributed by atoms with Crippen molar-refractivity contribution in [3.8, 4) is 0 Å². The fourth-order valence-electron chi connectivity index (χ4n) is 1.73. The molecule has 1 aromatic heterocycles. The predicted molar refractivity (Wildman–Crippen MR) is 66.9 cm³/mol. The molecule has 0 spiro atoms. The molecule has 0 aromatic carbocycles. The van der Waals surface area contributed by atoms with Crippen LogP contribution in [0.3, 0.4) is 0 Å². The molecule has 4 heteroatoms. The van der Waals surface area contributed by atoms with Crippen LogP contribution in [-0.4, -0.2) is 23.6 Å². The van der Waals surface area contributed by atoms with Gasteiger partial charge in [0, 0.05) is 19.2 Å². The SMILES string of the molecule is CNc1nc(C)nc(NCC2(C)CC2)c1C. The molecule has 1 heterocycles.